The van der Waals surface area contributed by atoms with Gasteiger partial charge in [0, 0.05) is 29.6 Å². The monoisotopic (exact) mass is 478 g/mol. The Morgan fingerprint density at radius 1 is 1.09 bits per heavy atom. The van der Waals surface area contributed by atoms with Crippen molar-refractivity contribution in [1.82, 2.24) is 14.5 Å². The number of benzene rings is 2. The van der Waals surface area contributed by atoms with E-state index in [0.29, 0.717) is 28.0 Å². The van der Waals surface area contributed by atoms with Crippen LogP contribution in [-0.4, -0.2) is 33.5 Å². The number of carbonyl (C=O) groups is 2. The highest BCUT2D eigenvalue weighted by molar-refractivity contribution is 6.38. The fourth-order valence-electron chi connectivity index (χ4n) is 3.61. The summed E-state index contributed by atoms with van der Waals surface area (Å²) in [7, 11) is 1.54. The third kappa shape index (κ3) is 4.38. The number of nitrogens with two attached hydrogens (primary N) is 1. The number of nitrogens with one attached hydrogen (secondary N) is 2. The van der Waals surface area contributed by atoms with E-state index in [-0.39, 0.29) is 33.9 Å². The molecule has 0 aliphatic rings. The van der Waals surface area contributed by atoms with Gasteiger partial charge in [0.05, 0.1) is 28.8 Å². The lowest BCUT2D eigenvalue weighted by Crippen LogP contribution is -2.20. The molecule has 0 aliphatic carbocycles. The van der Waals surface area contributed by atoms with E-state index in [9.17, 15) is 9.59 Å². The first-order valence-corrected chi connectivity index (χ1v) is 10.8. The Morgan fingerprint density at radius 2 is 1.85 bits per heavy atom. The van der Waals surface area contributed by atoms with Crippen molar-refractivity contribution >= 4 is 51.6 Å². The van der Waals surface area contributed by atoms with Crippen LogP contribution in [0.2, 0.25) is 5.02 Å². The van der Waals surface area contributed by atoms with E-state index < -0.39 is 6.03 Å². The largest absolute Gasteiger partial charge is 0.497 e. The van der Waals surface area contributed by atoms with Gasteiger partial charge < -0.3 is 25.7 Å². The number of ketones is 1. The SMILES string of the molecule is COc1cccc(NC(=O)Nc2cccc(C(=O)c3cn(C(C)C)c4ncnc(N)c34)c2Cl)c1. The Kier molecular flexibility index (Phi) is 6.38. The summed E-state index contributed by atoms with van der Waals surface area (Å²) in [5.41, 5.74) is 8.02. The van der Waals surface area contributed by atoms with E-state index in [2.05, 4.69) is 20.6 Å². The van der Waals surface area contributed by atoms with Crippen LogP contribution in [-0.2, 0) is 0 Å². The predicted octanol–water partition coefficient (Wildman–Crippen LogP) is 5.13. The Labute approximate surface area is 200 Å². The van der Waals surface area contributed by atoms with Crippen LogP contribution in [0.5, 0.6) is 5.75 Å². The number of methoxy groups -OCH3 is 1. The number of hydrogen-bond acceptors (Lipinski definition) is 6. The number of halogens is 1. The molecule has 0 saturated carbocycles. The zero-order valence-corrected chi connectivity index (χ0v) is 19.6. The van der Waals surface area contributed by atoms with Crippen LogP contribution in [0.4, 0.5) is 22.0 Å². The first-order chi connectivity index (χ1) is 16.3. The normalized spacial score (nSPS) is 11.0. The second-order valence-corrected chi connectivity index (χ2v) is 8.19. The fourth-order valence-corrected chi connectivity index (χ4v) is 3.87. The lowest BCUT2D eigenvalue weighted by atomic mass is 10.0. The van der Waals surface area contributed by atoms with Gasteiger partial charge >= 0.3 is 6.03 Å². The molecule has 2 aromatic heterocycles. The maximum atomic E-state index is 13.5. The maximum absolute atomic E-state index is 13.5. The number of anilines is 3. The van der Waals surface area contributed by atoms with Crippen molar-refractivity contribution in [3.63, 3.8) is 0 Å². The van der Waals surface area contributed by atoms with Crippen LogP contribution in [0.15, 0.2) is 55.0 Å². The Morgan fingerprint density at radius 3 is 2.59 bits per heavy atom. The molecule has 2 heterocycles. The summed E-state index contributed by atoms with van der Waals surface area (Å²) in [5, 5.41) is 5.97. The molecule has 2 aromatic carbocycles. The Balaban J connectivity index is 1.65. The van der Waals surface area contributed by atoms with Crippen molar-refractivity contribution in [2.45, 2.75) is 19.9 Å². The third-order valence-corrected chi connectivity index (χ3v) is 5.67. The van der Waals surface area contributed by atoms with E-state index in [0.717, 1.165) is 0 Å². The van der Waals surface area contributed by atoms with Gasteiger partial charge in [-0.15, -0.1) is 0 Å². The summed E-state index contributed by atoms with van der Waals surface area (Å²) < 4.78 is 7.02. The number of nitrogen functional groups attached to an aromatic ring is 1. The van der Waals surface area contributed by atoms with Crippen LogP contribution >= 0.6 is 11.6 Å². The minimum Gasteiger partial charge on any atom is -0.497 e. The lowest BCUT2D eigenvalue weighted by Gasteiger charge is -2.12. The summed E-state index contributed by atoms with van der Waals surface area (Å²) in [4.78, 5) is 34.4. The van der Waals surface area contributed by atoms with Crippen LogP contribution in [0.25, 0.3) is 11.0 Å². The first kappa shape index (κ1) is 23.1. The zero-order valence-electron chi connectivity index (χ0n) is 18.8. The highest BCUT2D eigenvalue weighted by atomic mass is 35.5. The molecule has 0 unspecified atom stereocenters. The van der Waals surface area contributed by atoms with Crippen molar-refractivity contribution in [3.8, 4) is 5.75 Å². The third-order valence-electron chi connectivity index (χ3n) is 5.26. The van der Waals surface area contributed by atoms with E-state index >= 15 is 0 Å². The molecule has 174 valence electrons. The van der Waals surface area contributed by atoms with Gasteiger partial charge in [-0.05, 0) is 38.1 Å². The van der Waals surface area contributed by atoms with Gasteiger partial charge in [-0.2, -0.15) is 0 Å². The molecule has 9 nitrogen and oxygen atoms in total. The van der Waals surface area contributed by atoms with E-state index in [1.54, 1.807) is 55.8 Å². The van der Waals surface area contributed by atoms with Gasteiger partial charge in [0.15, 0.2) is 5.78 Å². The summed E-state index contributed by atoms with van der Waals surface area (Å²) in [6.07, 6.45) is 3.07. The van der Waals surface area contributed by atoms with Gasteiger partial charge in [0.1, 0.15) is 23.5 Å². The number of rotatable bonds is 6. The minimum atomic E-state index is -0.520. The zero-order chi connectivity index (χ0) is 24.4. The molecular formula is C24H23ClN6O3. The number of carbonyl (C=O) groups excluding carboxylic acids is 2. The molecule has 4 aromatic rings. The van der Waals surface area contributed by atoms with Crippen LogP contribution in [0.3, 0.4) is 0 Å². The smallest absolute Gasteiger partial charge is 0.323 e. The van der Waals surface area contributed by atoms with Crippen LogP contribution < -0.4 is 21.1 Å². The average Bonchev–Trinajstić information content (AvgIpc) is 3.21. The molecule has 0 fully saturated rings. The molecule has 0 saturated heterocycles. The van der Waals surface area contributed by atoms with Gasteiger partial charge in [-0.1, -0.05) is 23.7 Å². The number of hydrogen-bond donors (Lipinski definition) is 3. The highest BCUT2D eigenvalue weighted by Crippen LogP contribution is 2.32. The Hall–Kier alpha value is -4.11. The van der Waals surface area contributed by atoms with Crippen molar-refractivity contribution < 1.29 is 14.3 Å². The molecule has 34 heavy (non-hydrogen) atoms. The summed E-state index contributed by atoms with van der Waals surface area (Å²) >= 11 is 6.56. The number of aromatic nitrogens is 3. The van der Waals surface area contributed by atoms with Gasteiger partial charge in [-0.3, -0.25) is 4.79 Å². The van der Waals surface area contributed by atoms with Gasteiger partial charge in [0.25, 0.3) is 0 Å². The second-order valence-electron chi connectivity index (χ2n) is 7.81. The Bertz CT molecular complexity index is 1400. The molecule has 0 atom stereocenters. The van der Waals surface area contributed by atoms with Crippen molar-refractivity contribution in [2.75, 3.05) is 23.5 Å². The maximum Gasteiger partial charge on any atom is 0.323 e. The van der Waals surface area contributed by atoms with Crippen molar-refractivity contribution in [3.05, 3.63) is 71.1 Å². The number of fused-ring (bicyclic) bond motifs is 1. The van der Waals surface area contributed by atoms with E-state index in [4.69, 9.17) is 22.1 Å². The molecule has 0 spiro atoms. The van der Waals surface area contributed by atoms with E-state index in [1.165, 1.54) is 6.33 Å². The summed E-state index contributed by atoms with van der Waals surface area (Å²) in [6, 6.07) is 11.3. The highest BCUT2D eigenvalue weighted by Gasteiger charge is 2.24. The number of nitrogens with zero attached hydrogens (tertiary/aromatic N) is 3. The lowest BCUT2D eigenvalue weighted by molar-refractivity contribution is 0.104. The molecule has 4 N–H and O–H groups in total. The van der Waals surface area contributed by atoms with Crippen molar-refractivity contribution in [1.29, 1.82) is 0 Å². The second kappa shape index (κ2) is 9.40. The van der Waals surface area contributed by atoms with Gasteiger partial charge in [0.2, 0.25) is 0 Å². The van der Waals surface area contributed by atoms with Gasteiger partial charge in [-0.25, -0.2) is 14.8 Å². The molecular weight excluding hydrogens is 456 g/mol. The van der Waals surface area contributed by atoms with E-state index in [1.807, 2.05) is 18.4 Å². The molecule has 0 aliphatic heterocycles. The topological polar surface area (TPSA) is 124 Å². The number of amides is 2. The predicted molar refractivity (Wildman–Crippen MR) is 133 cm³/mol. The molecule has 0 radical (unpaired) electrons. The van der Waals surface area contributed by atoms with Crippen LogP contribution in [0, 0.1) is 0 Å². The van der Waals surface area contributed by atoms with Crippen molar-refractivity contribution in [2.24, 2.45) is 0 Å². The first-order valence-electron chi connectivity index (χ1n) is 10.5. The summed E-state index contributed by atoms with van der Waals surface area (Å²) in [6.45, 7) is 3.95. The molecule has 10 heteroatoms. The quantitative estimate of drug-likeness (QED) is 0.330. The van der Waals surface area contributed by atoms with Crippen LogP contribution in [0.1, 0.15) is 35.8 Å². The average molecular weight is 479 g/mol. The molecule has 2 amide bonds. The minimum absolute atomic E-state index is 0.0436. The standard InChI is InChI=1S/C24H23ClN6O3/c1-13(2)31-11-17(19-22(26)27-12-28-23(19)31)21(32)16-8-5-9-18(20(16)25)30-24(33)29-14-6-4-7-15(10-14)34-3/h4-13H,1-3H3,(H2,26,27,28)(H2,29,30,33). The molecule has 0 bridgehead atoms. The number of ether oxygens (including phenoxy) is 1. The summed E-state index contributed by atoms with van der Waals surface area (Å²) in [5.74, 6) is 0.454. The molecule has 4 rings (SSSR count). The number of urea groups is 1. The fraction of sp³-hybridized carbons (Fsp3) is 0.167.